The number of rotatable bonds is 4. The molecule has 1 aromatic rings. The van der Waals surface area contributed by atoms with Gasteiger partial charge < -0.3 is 5.11 Å². The van der Waals surface area contributed by atoms with E-state index < -0.39 is 22.4 Å². The van der Waals surface area contributed by atoms with Gasteiger partial charge in [-0.2, -0.15) is 0 Å². The molecule has 4 nitrogen and oxygen atoms in total. The second kappa shape index (κ2) is 4.29. The van der Waals surface area contributed by atoms with Gasteiger partial charge in [-0.3, -0.25) is 0 Å². The lowest BCUT2D eigenvalue weighted by Crippen LogP contribution is -2.34. The first-order valence-electron chi connectivity index (χ1n) is 5.71. The molecule has 1 aliphatic carbocycles. The summed E-state index contributed by atoms with van der Waals surface area (Å²) >= 11 is 0. The fourth-order valence-corrected chi connectivity index (χ4v) is 3.35. The molecule has 0 spiro atoms. The van der Waals surface area contributed by atoms with Crippen molar-refractivity contribution in [3.8, 4) is 0 Å². The van der Waals surface area contributed by atoms with Gasteiger partial charge in [-0.05, 0) is 44.4 Å². The second-order valence-electron chi connectivity index (χ2n) is 5.04. The molecule has 0 bridgehead atoms. The van der Waals surface area contributed by atoms with Crippen molar-refractivity contribution >= 4 is 10.0 Å². The van der Waals surface area contributed by atoms with E-state index in [-0.39, 0.29) is 21.6 Å². The average Bonchev–Trinajstić information content (AvgIpc) is 2.98. The maximum absolute atomic E-state index is 13.5. The standard InChI is InChI=1S/C12H16FNO3S/c1-8-5-10(6-9(7-15)11(8)13)18(16,17)14-12(2)3-4-12/h5-6,14-15H,3-4,7H2,1-2H3. The summed E-state index contributed by atoms with van der Waals surface area (Å²) in [5.74, 6) is -0.561. The van der Waals surface area contributed by atoms with Crippen LogP contribution in [0.1, 0.15) is 30.9 Å². The zero-order valence-electron chi connectivity index (χ0n) is 10.3. The Morgan fingerprint density at radius 2 is 2.06 bits per heavy atom. The van der Waals surface area contributed by atoms with E-state index in [1.54, 1.807) is 0 Å². The molecule has 0 radical (unpaired) electrons. The number of benzene rings is 1. The minimum atomic E-state index is -3.66. The lowest BCUT2D eigenvalue weighted by Gasteiger charge is -2.14. The first-order valence-corrected chi connectivity index (χ1v) is 7.20. The molecule has 0 heterocycles. The predicted octanol–water partition coefficient (Wildman–Crippen LogP) is 1.46. The van der Waals surface area contributed by atoms with Crippen molar-refractivity contribution in [3.63, 3.8) is 0 Å². The van der Waals surface area contributed by atoms with E-state index in [2.05, 4.69) is 4.72 Å². The smallest absolute Gasteiger partial charge is 0.241 e. The fraction of sp³-hybridized carbons (Fsp3) is 0.500. The van der Waals surface area contributed by atoms with Crippen LogP contribution < -0.4 is 4.72 Å². The Labute approximate surface area is 106 Å². The first-order chi connectivity index (χ1) is 8.27. The van der Waals surface area contributed by atoms with Gasteiger partial charge in [0.2, 0.25) is 10.0 Å². The molecule has 0 aliphatic heterocycles. The number of aliphatic hydroxyl groups is 1. The summed E-state index contributed by atoms with van der Waals surface area (Å²) in [5, 5.41) is 9.02. The largest absolute Gasteiger partial charge is 0.392 e. The van der Waals surface area contributed by atoms with Crippen molar-refractivity contribution in [3.05, 3.63) is 29.1 Å². The topological polar surface area (TPSA) is 66.4 Å². The Hall–Kier alpha value is -0.980. The summed E-state index contributed by atoms with van der Waals surface area (Å²) < 4.78 is 40.3. The summed E-state index contributed by atoms with van der Waals surface area (Å²) in [7, 11) is -3.66. The van der Waals surface area contributed by atoms with Crippen LogP contribution in [0, 0.1) is 12.7 Å². The molecular formula is C12H16FNO3S. The Kier molecular flexibility index (Phi) is 3.21. The summed E-state index contributed by atoms with van der Waals surface area (Å²) in [6.45, 7) is 2.79. The van der Waals surface area contributed by atoms with Crippen LogP contribution in [0.3, 0.4) is 0 Å². The van der Waals surface area contributed by atoms with Gasteiger partial charge in [0.05, 0.1) is 11.5 Å². The normalized spacial score (nSPS) is 17.8. The Morgan fingerprint density at radius 1 is 1.44 bits per heavy atom. The number of halogens is 1. The lowest BCUT2D eigenvalue weighted by molar-refractivity contribution is 0.275. The Bertz CT molecular complexity index is 579. The van der Waals surface area contributed by atoms with Crippen LogP contribution in [-0.2, 0) is 16.6 Å². The van der Waals surface area contributed by atoms with Gasteiger partial charge in [0.25, 0.3) is 0 Å². The molecule has 0 unspecified atom stereocenters. The molecule has 0 atom stereocenters. The van der Waals surface area contributed by atoms with E-state index >= 15 is 0 Å². The maximum atomic E-state index is 13.5. The molecule has 6 heteroatoms. The van der Waals surface area contributed by atoms with E-state index in [4.69, 9.17) is 5.11 Å². The summed E-state index contributed by atoms with van der Waals surface area (Å²) in [6.07, 6.45) is 1.61. The monoisotopic (exact) mass is 273 g/mol. The molecule has 0 aromatic heterocycles. The number of hydrogen-bond donors (Lipinski definition) is 2. The van der Waals surface area contributed by atoms with Crippen LogP contribution in [-0.4, -0.2) is 19.1 Å². The minimum Gasteiger partial charge on any atom is -0.392 e. The highest BCUT2D eigenvalue weighted by Crippen LogP contribution is 2.36. The van der Waals surface area contributed by atoms with E-state index in [9.17, 15) is 12.8 Å². The highest BCUT2D eigenvalue weighted by molar-refractivity contribution is 7.89. The first kappa shape index (κ1) is 13.5. The number of sulfonamides is 1. The Balaban J connectivity index is 2.41. The summed E-state index contributed by atoms with van der Waals surface area (Å²) in [4.78, 5) is -0.00132. The van der Waals surface area contributed by atoms with Crippen LogP contribution >= 0.6 is 0 Å². The van der Waals surface area contributed by atoms with Gasteiger partial charge in [-0.1, -0.05) is 0 Å². The van der Waals surface area contributed by atoms with Gasteiger partial charge in [0.1, 0.15) is 5.82 Å². The van der Waals surface area contributed by atoms with Gasteiger partial charge in [-0.15, -0.1) is 0 Å². The van der Waals surface area contributed by atoms with Gasteiger partial charge >= 0.3 is 0 Å². The van der Waals surface area contributed by atoms with Crippen LogP contribution in [0.4, 0.5) is 4.39 Å². The van der Waals surface area contributed by atoms with Gasteiger partial charge in [-0.25, -0.2) is 17.5 Å². The summed E-state index contributed by atoms with van der Waals surface area (Å²) in [6, 6.07) is 2.46. The molecule has 18 heavy (non-hydrogen) atoms. The fourth-order valence-electron chi connectivity index (χ4n) is 1.75. The quantitative estimate of drug-likeness (QED) is 0.872. The molecule has 0 saturated heterocycles. The molecule has 100 valence electrons. The molecule has 2 rings (SSSR count). The van der Waals surface area contributed by atoms with Crippen molar-refractivity contribution in [2.45, 2.75) is 43.7 Å². The van der Waals surface area contributed by atoms with Crippen molar-refractivity contribution in [2.24, 2.45) is 0 Å². The molecule has 1 aromatic carbocycles. The Morgan fingerprint density at radius 3 is 2.56 bits per heavy atom. The van der Waals surface area contributed by atoms with Crippen LogP contribution in [0.25, 0.3) is 0 Å². The number of hydrogen-bond acceptors (Lipinski definition) is 3. The average molecular weight is 273 g/mol. The third kappa shape index (κ3) is 2.55. The zero-order chi connectivity index (χ0) is 13.6. The van der Waals surface area contributed by atoms with Crippen molar-refractivity contribution in [1.29, 1.82) is 0 Å². The van der Waals surface area contributed by atoms with Gasteiger partial charge in [0, 0.05) is 11.1 Å². The van der Waals surface area contributed by atoms with Crippen molar-refractivity contribution in [1.82, 2.24) is 4.72 Å². The highest BCUT2D eigenvalue weighted by Gasteiger charge is 2.41. The molecule has 1 saturated carbocycles. The number of aliphatic hydroxyl groups excluding tert-OH is 1. The number of nitrogens with one attached hydrogen (secondary N) is 1. The van der Waals surface area contributed by atoms with E-state index in [1.165, 1.54) is 19.1 Å². The third-order valence-corrected chi connectivity index (χ3v) is 4.78. The predicted molar refractivity (Wildman–Crippen MR) is 65.0 cm³/mol. The second-order valence-corrected chi connectivity index (χ2v) is 6.72. The van der Waals surface area contributed by atoms with Crippen molar-refractivity contribution in [2.75, 3.05) is 0 Å². The molecule has 1 aliphatic rings. The van der Waals surface area contributed by atoms with E-state index in [1.807, 2.05) is 6.92 Å². The minimum absolute atomic E-state index is 0.00132. The van der Waals surface area contributed by atoms with Crippen LogP contribution in [0.15, 0.2) is 17.0 Å². The molecule has 2 N–H and O–H groups in total. The lowest BCUT2D eigenvalue weighted by atomic mass is 10.1. The molecule has 1 fully saturated rings. The maximum Gasteiger partial charge on any atom is 0.241 e. The SMILES string of the molecule is Cc1cc(S(=O)(=O)NC2(C)CC2)cc(CO)c1F. The van der Waals surface area contributed by atoms with Crippen molar-refractivity contribution < 1.29 is 17.9 Å². The van der Waals surface area contributed by atoms with Crippen LogP contribution in [0.5, 0.6) is 0 Å². The highest BCUT2D eigenvalue weighted by atomic mass is 32.2. The van der Waals surface area contributed by atoms with E-state index in [0.29, 0.717) is 0 Å². The van der Waals surface area contributed by atoms with E-state index in [0.717, 1.165) is 12.8 Å². The zero-order valence-corrected chi connectivity index (χ0v) is 11.1. The molecule has 0 amide bonds. The third-order valence-electron chi connectivity index (χ3n) is 3.16. The molecular weight excluding hydrogens is 257 g/mol. The van der Waals surface area contributed by atoms with Gasteiger partial charge in [0.15, 0.2) is 0 Å². The summed E-state index contributed by atoms with van der Waals surface area (Å²) in [5.41, 5.74) is -0.167. The number of aryl methyl sites for hydroxylation is 1. The van der Waals surface area contributed by atoms with Crippen LogP contribution in [0.2, 0.25) is 0 Å².